The number of nitrogens with one attached hydrogen (secondary N) is 2. The Kier molecular flexibility index (Phi) is 3.14. The Hall–Kier alpha value is -1.27. The predicted octanol–water partition coefficient (Wildman–Crippen LogP) is 1.67. The van der Waals surface area contributed by atoms with Gasteiger partial charge in [-0.15, -0.1) is 0 Å². The van der Waals surface area contributed by atoms with Gasteiger partial charge in [-0.05, 0) is 24.7 Å². The Balaban J connectivity index is 2.08. The Morgan fingerprint density at radius 1 is 1.37 bits per heavy atom. The van der Waals surface area contributed by atoms with Crippen molar-refractivity contribution in [1.82, 2.24) is 10.6 Å². The van der Waals surface area contributed by atoms with Gasteiger partial charge in [-0.25, -0.2) is 8.78 Å². The molecule has 1 aromatic carbocycles. The molecule has 2 saturated heterocycles. The van der Waals surface area contributed by atoms with Crippen molar-refractivity contribution in [3.8, 4) is 0 Å². The molecule has 3 nitrogen and oxygen atoms in total. The summed E-state index contributed by atoms with van der Waals surface area (Å²) in [7, 11) is 0. The van der Waals surface area contributed by atoms with E-state index < -0.39 is 17.2 Å². The third kappa shape index (κ3) is 2.08. The van der Waals surface area contributed by atoms with Crippen molar-refractivity contribution in [3.05, 3.63) is 35.4 Å². The third-order valence-corrected chi connectivity index (χ3v) is 4.14. The molecule has 1 aromatic rings. The number of ether oxygens (including phenoxy) is 1. The van der Waals surface area contributed by atoms with Crippen LogP contribution in [0.15, 0.2) is 18.2 Å². The van der Waals surface area contributed by atoms with Crippen LogP contribution < -0.4 is 10.6 Å². The van der Waals surface area contributed by atoms with Crippen molar-refractivity contribution >= 4 is 17.3 Å². The highest BCUT2D eigenvalue weighted by molar-refractivity contribution is 7.80. The quantitative estimate of drug-likeness (QED) is 0.769. The SMILES string of the molecule is Fc1ccc(C23COCCC2CNC(=S)N3)c(F)c1. The van der Waals surface area contributed by atoms with Crippen molar-refractivity contribution in [1.29, 1.82) is 0 Å². The average molecular weight is 284 g/mol. The molecule has 102 valence electrons. The molecule has 2 aliphatic rings. The van der Waals surface area contributed by atoms with Crippen molar-refractivity contribution < 1.29 is 13.5 Å². The normalized spacial score (nSPS) is 30.2. The van der Waals surface area contributed by atoms with E-state index in [1.54, 1.807) is 0 Å². The highest BCUT2D eigenvalue weighted by Crippen LogP contribution is 2.38. The predicted molar refractivity (Wildman–Crippen MR) is 70.7 cm³/mol. The highest BCUT2D eigenvalue weighted by atomic mass is 32.1. The van der Waals surface area contributed by atoms with Crippen molar-refractivity contribution in [2.75, 3.05) is 19.8 Å². The van der Waals surface area contributed by atoms with Crippen LogP contribution in [0.5, 0.6) is 0 Å². The lowest BCUT2D eigenvalue weighted by atomic mass is 9.74. The summed E-state index contributed by atoms with van der Waals surface area (Å²) in [4.78, 5) is 0. The Labute approximate surface area is 115 Å². The summed E-state index contributed by atoms with van der Waals surface area (Å²) >= 11 is 5.14. The van der Waals surface area contributed by atoms with E-state index in [0.717, 1.165) is 12.5 Å². The topological polar surface area (TPSA) is 33.3 Å². The van der Waals surface area contributed by atoms with Gasteiger partial charge < -0.3 is 15.4 Å². The van der Waals surface area contributed by atoms with Crippen molar-refractivity contribution in [2.45, 2.75) is 12.0 Å². The fraction of sp³-hybridized carbons (Fsp3) is 0.462. The molecule has 0 bridgehead atoms. The zero-order valence-electron chi connectivity index (χ0n) is 10.2. The first kappa shape index (κ1) is 12.7. The number of fused-ring (bicyclic) bond motifs is 1. The van der Waals surface area contributed by atoms with Gasteiger partial charge in [0.25, 0.3) is 0 Å². The number of thiocarbonyl (C=S) groups is 1. The molecule has 2 aliphatic heterocycles. The number of rotatable bonds is 1. The zero-order chi connectivity index (χ0) is 13.5. The molecule has 0 spiro atoms. The van der Waals surface area contributed by atoms with E-state index in [1.807, 2.05) is 0 Å². The lowest BCUT2D eigenvalue weighted by Crippen LogP contribution is -2.65. The Bertz CT molecular complexity index is 525. The monoisotopic (exact) mass is 284 g/mol. The average Bonchev–Trinajstić information content (AvgIpc) is 2.38. The Morgan fingerprint density at radius 2 is 2.21 bits per heavy atom. The second-order valence-electron chi connectivity index (χ2n) is 4.97. The van der Waals surface area contributed by atoms with Crippen LogP contribution in [0, 0.1) is 17.6 Å². The molecule has 0 aliphatic carbocycles. The van der Waals surface area contributed by atoms with E-state index in [-0.39, 0.29) is 5.92 Å². The molecule has 2 fully saturated rings. The van der Waals surface area contributed by atoms with Gasteiger partial charge in [-0.3, -0.25) is 0 Å². The molecule has 0 aromatic heterocycles. The van der Waals surface area contributed by atoms with Crippen LogP contribution in [-0.2, 0) is 10.3 Å². The number of hydrogen-bond acceptors (Lipinski definition) is 2. The highest BCUT2D eigenvalue weighted by Gasteiger charge is 2.47. The van der Waals surface area contributed by atoms with E-state index in [1.165, 1.54) is 12.1 Å². The van der Waals surface area contributed by atoms with Gasteiger partial charge in [0.1, 0.15) is 11.6 Å². The minimum atomic E-state index is -0.696. The summed E-state index contributed by atoms with van der Waals surface area (Å²) < 4.78 is 32.7. The van der Waals surface area contributed by atoms with E-state index in [2.05, 4.69) is 10.6 Å². The van der Waals surface area contributed by atoms with E-state index in [0.29, 0.717) is 30.4 Å². The van der Waals surface area contributed by atoms with E-state index in [9.17, 15) is 8.78 Å². The minimum Gasteiger partial charge on any atom is -0.379 e. The van der Waals surface area contributed by atoms with Gasteiger partial charge in [0, 0.05) is 30.7 Å². The first-order valence-corrected chi connectivity index (χ1v) is 6.62. The minimum absolute atomic E-state index is 0.160. The molecule has 2 atom stereocenters. The lowest BCUT2D eigenvalue weighted by Gasteiger charge is -2.48. The number of hydrogen-bond donors (Lipinski definition) is 2. The lowest BCUT2D eigenvalue weighted by molar-refractivity contribution is -0.0198. The van der Waals surface area contributed by atoms with Gasteiger partial charge in [0.2, 0.25) is 0 Å². The summed E-state index contributed by atoms with van der Waals surface area (Å²) in [5, 5.41) is 6.69. The van der Waals surface area contributed by atoms with Crippen LogP contribution in [0.2, 0.25) is 0 Å². The fourth-order valence-corrected chi connectivity index (χ4v) is 3.18. The number of benzene rings is 1. The van der Waals surface area contributed by atoms with Crippen LogP contribution in [-0.4, -0.2) is 24.9 Å². The maximum absolute atomic E-state index is 14.1. The molecule has 2 unspecified atom stereocenters. The molecule has 2 N–H and O–H groups in total. The van der Waals surface area contributed by atoms with Gasteiger partial charge in [-0.1, -0.05) is 6.07 Å². The molecule has 19 heavy (non-hydrogen) atoms. The standard InChI is InChI=1S/C13H14F2N2OS/c14-9-1-2-10(11(15)5-9)13-7-18-4-3-8(13)6-16-12(19)17-13/h1-2,5,8H,3-4,6-7H2,(H2,16,17,19). The van der Waals surface area contributed by atoms with Crippen molar-refractivity contribution in [3.63, 3.8) is 0 Å². The van der Waals surface area contributed by atoms with E-state index >= 15 is 0 Å². The smallest absolute Gasteiger partial charge is 0.167 e. The van der Waals surface area contributed by atoms with Crippen molar-refractivity contribution in [2.24, 2.45) is 5.92 Å². The molecule has 0 saturated carbocycles. The maximum Gasteiger partial charge on any atom is 0.167 e. The molecule has 6 heteroatoms. The summed E-state index contributed by atoms with van der Waals surface area (Å²) in [5.74, 6) is -0.983. The van der Waals surface area contributed by atoms with Crippen LogP contribution in [0.25, 0.3) is 0 Å². The van der Waals surface area contributed by atoms with Crippen LogP contribution >= 0.6 is 12.2 Å². The maximum atomic E-state index is 14.1. The first-order chi connectivity index (χ1) is 9.12. The van der Waals surface area contributed by atoms with Crippen LogP contribution in [0.4, 0.5) is 8.78 Å². The second-order valence-corrected chi connectivity index (χ2v) is 5.38. The summed E-state index contributed by atoms with van der Waals surface area (Å²) in [6.45, 7) is 1.65. The Morgan fingerprint density at radius 3 is 3.00 bits per heavy atom. The summed E-state index contributed by atoms with van der Waals surface area (Å²) in [5.41, 5.74) is -0.277. The molecule has 3 rings (SSSR count). The second kappa shape index (κ2) is 4.68. The summed E-state index contributed by atoms with van der Waals surface area (Å²) in [6.07, 6.45) is 0.805. The van der Waals surface area contributed by atoms with Crippen LogP contribution in [0.3, 0.4) is 0 Å². The molecule has 0 amide bonds. The molecular weight excluding hydrogens is 270 g/mol. The molecular formula is C13H14F2N2OS. The third-order valence-electron chi connectivity index (χ3n) is 3.89. The van der Waals surface area contributed by atoms with Crippen LogP contribution in [0.1, 0.15) is 12.0 Å². The van der Waals surface area contributed by atoms with E-state index in [4.69, 9.17) is 17.0 Å². The summed E-state index contributed by atoms with van der Waals surface area (Å²) in [6, 6.07) is 3.65. The van der Waals surface area contributed by atoms with Gasteiger partial charge in [0.05, 0.1) is 12.1 Å². The van der Waals surface area contributed by atoms with Gasteiger partial charge in [0.15, 0.2) is 5.11 Å². The molecule has 2 heterocycles. The van der Waals surface area contributed by atoms with Gasteiger partial charge in [-0.2, -0.15) is 0 Å². The fourth-order valence-electron chi connectivity index (χ4n) is 2.92. The zero-order valence-corrected chi connectivity index (χ0v) is 11.0. The van der Waals surface area contributed by atoms with Gasteiger partial charge >= 0.3 is 0 Å². The number of halogens is 2. The largest absolute Gasteiger partial charge is 0.379 e. The molecule has 0 radical (unpaired) electrons. The first-order valence-electron chi connectivity index (χ1n) is 6.21.